The van der Waals surface area contributed by atoms with E-state index in [1.165, 1.54) is 18.2 Å². The van der Waals surface area contributed by atoms with Crippen molar-refractivity contribution in [1.82, 2.24) is 0 Å². The van der Waals surface area contributed by atoms with Crippen molar-refractivity contribution in [2.45, 2.75) is 11.3 Å². The second-order valence-electron chi connectivity index (χ2n) is 4.37. The highest BCUT2D eigenvalue weighted by atomic mass is 79.9. The van der Waals surface area contributed by atoms with E-state index in [1.807, 2.05) is 0 Å². The van der Waals surface area contributed by atoms with Crippen LogP contribution in [0.5, 0.6) is 5.75 Å². The molecule has 0 saturated carbocycles. The van der Waals surface area contributed by atoms with Crippen LogP contribution in [0.1, 0.15) is 11.1 Å². The highest BCUT2D eigenvalue weighted by molar-refractivity contribution is 9.08. The Kier molecular flexibility index (Phi) is 5.47. The van der Waals surface area contributed by atoms with Crippen LogP contribution in [0.25, 0.3) is 0 Å². The van der Waals surface area contributed by atoms with Crippen molar-refractivity contribution in [3.05, 3.63) is 63.6 Å². The van der Waals surface area contributed by atoms with Crippen LogP contribution in [-0.4, -0.2) is 6.61 Å². The van der Waals surface area contributed by atoms with Gasteiger partial charge < -0.3 is 4.74 Å². The number of hydrogen-bond donors (Lipinski definition) is 0. The van der Waals surface area contributed by atoms with Gasteiger partial charge in [-0.1, -0.05) is 69.5 Å². The van der Waals surface area contributed by atoms with E-state index in [0.29, 0.717) is 15.9 Å². The predicted molar refractivity (Wildman–Crippen MR) is 84.9 cm³/mol. The summed E-state index contributed by atoms with van der Waals surface area (Å²) in [6, 6.07) is 10.6. The molecule has 0 unspecified atom stereocenters. The Labute approximate surface area is 140 Å². The third kappa shape index (κ3) is 4.09. The molecular formula is C15H11BrCl2F2O. The van der Waals surface area contributed by atoms with E-state index >= 15 is 0 Å². The quantitative estimate of drug-likeness (QED) is 0.559. The van der Waals surface area contributed by atoms with Crippen molar-refractivity contribution in [2.24, 2.45) is 0 Å². The molecule has 0 amide bonds. The average molecular weight is 396 g/mol. The largest absolute Gasteiger partial charge is 0.485 e. The van der Waals surface area contributed by atoms with Gasteiger partial charge in [0.1, 0.15) is 5.75 Å². The van der Waals surface area contributed by atoms with Gasteiger partial charge in [0.25, 0.3) is 0 Å². The summed E-state index contributed by atoms with van der Waals surface area (Å²) >= 11 is 15.1. The lowest BCUT2D eigenvalue weighted by molar-refractivity contribution is -0.0468. The van der Waals surface area contributed by atoms with E-state index in [4.69, 9.17) is 27.9 Å². The third-order valence-corrected chi connectivity index (χ3v) is 3.93. The fourth-order valence-corrected chi connectivity index (χ4v) is 2.81. The summed E-state index contributed by atoms with van der Waals surface area (Å²) in [5, 5.41) is 1.04. The maximum Gasteiger partial charge on any atom is 0.306 e. The number of halogens is 5. The zero-order chi connectivity index (χ0) is 15.5. The minimum atomic E-state index is -3.10. The summed E-state index contributed by atoms with van der Waals surface area (Å²) in [4.78, 5) is 0. The third-order valence-electron chi connectivity index (χ3n) is 2.82. The van der Waals surface area contributed by atoms with Crippen LogP contribution in [0.15, 0.2) is 42.5 Å². The van der Waals surface area contributed by atoms with Gasteiger partial charge >= 0.3 is 5.92 Å². The lowest BCUT2D eigenvalue weighted by atomic mass is 10.1. The first-order valence-corrected chi connectivity index (χ1v) is 7.92. The molecule has 0 fully saturated rings. The van der Waals surface area contributed by atoms with Crippen molar-refractivity contribution >= 4 is 39.1 Å². The van der Waals surface area contributed by atoms with Gasteiger partial charge in [0.15, 0.2) is 6.61 Å². The molecular weight excluding hydrogens is 385 g/mol. The summed E-state index contributed by atoms with van der Waals surface area (Å²) in [6.45, 7) is -0.793. The lowest BCUT2D eigenvalue weighted by Crippen LogP contribution is -2.23. The SMILES string of the molecule is FC(F)(COc1c(Cl)cc(Cl)cc1CBr)c1ccccc1. The smallest absolute Gasteiger partial charge is 0.306 e. The molecule has 0 aliphatic rings. The van der Waals surface area contributed by atoms with Crippen molar-refractivity contribution in [2.75, 3.05) is 6.61 Å². The van der Waals surface area contributed by atoms with E-state index < -0.39 is 12.5 Å². The van der Waals surface area contributed by atoms with Gasteiger partial charge in [-0.25, -0.2) is 0 Å². The topological polar surface area (TPSA) is 9.23 Å². The van der Waals surface area contributed by atoms with E-state index in [-0.39, 0.29) is 16.3 Å². The van der Waals surface area contributed by atoms with Crippen molar-refractivity contribution in [3.63, 3.8) is 0 Å². The monoisotopic (exact) mass is 394 g/mol. The Bertz CT molecular complexity index is 621. The molecule has 2 aromatic carbocycles. The summed E-state index contributed by atoms with van der Waals surface area (Å²) < 4.78 is 33.4. The van der Waals surface area contributed by atoms with Gasteiger partial charge in [-0.3, -0.25) is 0 Å². The molecule has 0 saturated heterocycles. The summed E-state index contributed by atoms with van der Waals surface area (Å²) in [5.41, 5.74) is 0.520. The molecule has 2 aromatic rings. The predicted octanol–water partition coefficient (Wildman–Crippen LogP) is 6.06. The van der Waals surface area contributed by atoms with E-state index in [1.54, 1.807) is 24.3 Å². The second kappa shape index (κ2) is 6.95. The molecule has 0 bridgehead atoms. The Balaban J connectivity index is 2.20. The van der Waals surface area contributed by atoms with Gasteiger partial charge in [0, 0.05) is 21.5 Å². The molecule has 0 aliphatic heterocycles. The summed E-state index contributed by atoms with van der Waals surface area (Å²) in [5.74, 6) is -2.89. The van der Waals surface area contributed by atoms with Gasteiger partial charge in [0.05, 0.1) is 5.02 Å². The number of hydrogen-bond acceptors (Lipinski definition) is 1. The van der Waals surface area contributed by atoms with Crippen LogP contribution in [0, 0.1) is 0 Å². The number of rotatable bonds is 5. The standard InChI is InChI=1S/C15H11BrCl2F2O/c16-8-10-6-12(17)7-13(18)14(10)21-9-15(19,20)11-4-2-1-3-5-11/h1-7H,8-9H2. The first-order valence-electron chi connectivity index (χ1n) is 6.04. The van der Waals surface area contributed by atoms with Crippen molar-refractivity contribution < 1.29 is 13.5 Å². The van der Waals surface area contributed by atoms with Gasteiger partial charge in [0.2, 0.25) is 0 Å². The van der Waals surface area contributed by atoms with Crippen LogP contribution in [-0.2, 0) is 11.3 Å². The van der Waals surface area contributed by atoms with Crippen LogP contribution >= 0.6 is 39.1 Å². The normalized spacial score (nSPS) is 11.5. The fourth-order valence-electron chi connectivity index (χ4n) is 1.80. The highest BCUT2D eigenvalue weighted by Gasteiger charge is 2.33. The first-order chi connectivity index (χ1) is 9.94. The molecule has 0 heterocycles. The molecule has 0 radical (unpaired) electrons. The Hall–Kier alpha value is -0.840. The molecule has 6 heteroatoms. The Morgan fingerprint density at radius 1 is 1.10 bits per heavy atom. The fraction of sp³-hybridized carbons (Fsp3) is 0.200. The molecule has 0 N–H and O–H groups in total. The maximum absolute atomic E-state index is 14.1. The molecule has 0 aliphatic carbocycles. The Morgan fingerprint density at radius 2 is 1.76 bits per heavy atom. The molecule has 112 valence electrons. The highest BCUT2D eigenvalue weighted by Crippen LogP contribution is 2.36. The van der Waals surface area contributed by atoms with Crippen LogP contribution < -0.4 is 4.74 Å². The number of ether oxygens (including phenoxy) is 1. The Morgan fingerprint density at radius 3 is 2.38 bits per heavy atom. The molecule has 1 nitrogen and oxygen atoms in total. The maximum atomic E-state index is 14.1. The summed E-state index contributed by atoms with van der Waals surface area (Å²) in [6.07, 6.45) is 0. The molecule has 0 aromatic heterocycles. The zero-order valence-corrected chi connectivity index (χ0v) is 13.9. The molecule has 0 spiro atoms. The molecule has 0 atom stereocenters. The average Bonchev–Trinajstić information content (AvgIpc) is 2.46. The zero-order valence-electron chi connectivity index (χ0n) is 10.8. The minimum Gasteiger partial charge on any atom is -0.485 e. The van der Waals surface area contributed by atoms with E-state index in [0.717, 1.165) is 0 Å². The van der Waals surface area contributed by atoms with Crippen molar-refractivity contribution in [3.8, 4) is 5.75 Å². The van der Waals surface area contributed by atoms with Gasteiger partial charge in [-0.2, -0.15) is 8.78 Å². The van der Waals surface area contributed by atoms with Gasteiger partial charge in [-0.15, -0.1) is 0 Å². The minimum absolute atomic E-state index is 0.101. The van der Waals surface area contributed by atoms with Crippen LogP contribution in [0.4, 0.5) is 8.78 Å². The van der Waals surface area contributed by atoms with E-state index in [9.17, 15) is 8.78 Å². The second-order valence-corrected chi connectivity index (χ2v) is 5.77. The lowest BCUT2D eigenvalue weighted by Gasteiger charge is -2.19. The van der Waals surface area contributed by atoms with Gasteiger partial charge in [-0.05, 0) is 12.1 Å². The van der Waals surface area contributed by atoms with Crippen LogP contribution in [0.2, 0.25) is 10.0 Å². The number of alkyl halides is 3. The number of benzene rings is 2. The first kappa shape index (κ1) is 16.5. The van der Waals surface area contributed by atoms with E-state index in [2.05, 4.69) is 15.9 Å². The summed E-state index contributed by atoms with van der Waals surface area (Å²) in [7, 11) is 0. The van der Waals surface area contributed by atoms with Crippen molar-refractivity contribution in [1.29, 1.82) is 0 Å². The molecule has 21 heavy (non-hydrogen) atoms. The molecule has 2 rings (SSSR count). The van der Waals surface area contributed by atoms with Crippen LogP contribution in [0.3, 0.4) is 0 Å².